The highest BCUT2D eigenvalue weighted by molar-refractivity contribution is 14.1. The lowest BCUT2D eigenvalue weighted by Crippen LogP contribution is -2.29. The summed E-state index contributed by atoms with van der Waals surface area (Å²) < 4.78 is 0.985. The first-order chi connectivity index (χ1) is 8.65. The second kappa shape index (κ2) is 6.22. The molecule has 0 aromatic heterocycles. The van der Waals surface area contributed by atoms with Crippen molar-refractivity contribution >= 4 is 34.2 Å². The van der Waals surface area contributed by atoms with Crippen LogP contribution in [0.25, 0.3) is 0 Å². The quantitative estimate of drug-likeness (QED) is 0.497. The van der Waals surface area contributed by atoms with E-state index in [-0.39, 0.29) is 5.91 Å². The average molecular weight is 356 g/mol. The summed E-state index contributed by atoms with van der Waals surface area (Å²) in [4.78, 5) is 12.0. The first-order valence-corrected chi connectivity index (χ1v) is 7.22. The number of hydrogen-bond acceptors (Lipinski definition) is 2. The van der Waals surface area contributed by atoms with Crippen molar-refractivity contribution in [3.63, 3.8) is 0 Å². The van der Waals surface area contributed by atoms with Gasteiger partial charge in [0.15, 0.2) is 0 Å². The topological polar surface area (TPSA) is 55.1 Å². The third-order valence-electron chi connectivity index (χ3n) is 3.11. The van der Waals surface area contributed by atoms with Crippen molar-refractivity contribution in [3.8, 4) is 0 Å². The maximum atomic E-state index is 12.0. The van der Waals surface area contributed by atoms with Crippen LogP contribution < -0.4 is 11.1 Å². The number of carbonyl (C=O) groups excluding carboxylic acids is 1. The third-order valence-corrected chi connectivity index (χ3v) is 3.73. The maximum Gasteiger partial charge on any atom is 0.251 e. The van der Waals surface area contributed by atoms with Gasteiger partial charge in [0.05, 0.1) is 0 Å². The number of nitrogen functional groups attached to an aromatic ring is 1. The number of benzene rings is 1. The van der Waals surface area contributed by atoms with Crippen molar-refractivity contribution in [1.82, 2.24) is 5.32 Å². The number of allylic oxidation sites excluding steroid dienone is 2. The van der Waals surface area contributed by atoms with E-state index in [4.69, 9.17) is 5.73 Å². The summed E-state index contributed by atoms with van der Waals surface area (Å²) in [5, 5.41) is 2.99. The van der Waals surface area contributed by atoms with Gasteiger partial charge in [-0.2, -0.15) is 0 Å². The average Bonchev–Trinajstić information content (AvgIpc) is 2.36. The predicted octanol–water partition coefficient (Wildman–Crippen LogP) is 2.96. The molecule has 1 amide bonds. The fraction of sp³-hybridized carbons (Fsp3) is 0.357. The largest absolute Gasteiger partial charge is 0.399 e. The summed E-state index contributed by atoms with van der Waals surface area (Å²) in [5.74, 6) is 0.536. The van der Waals surface area contributed by atoms with Gasteiger partial charge in [0, 0.05) is 21.4 Å². The number of anilines is 1. The van der Waals surface area contributed by atoms with E-state index in [9.17, 15) is 4.79 Å². The van der Waals surface area contributed by atoms with Crippen molar-refractivity contribution in [2.24, 2.45) is 5.92 Å². The molecule has 18 heavy (non-hydrogen) atoms. The van der Waals surface area contributed by atoms with Gasteiger partial charge in [-0.05, 0) is 66.0 Å². The van der Waals surface area contributed by atoms with Crippen molar-refractivity contribution in [1.29, 1.82) is 0 Å². The fourth-order valence-corrected chi connectivity index (χ4v) is 2.82. The molecule has 0 aliphatic heterocycles. The molecule has 2 rings (SSSR count). The maximum absolute atomic E-state index is 12.0. The Labute approximate surface area is 121 Å². The lowest BCUT2D eigenvalue weighted by atomic mass is 9.94. The SMILES string of the molecule is Nc1cc(I)cc(C(=O)NCC2CC=CCC2)c1. The van der Waals surface area contributed by atoms with E-state index in [1.165, 1.54) is 0 Å². The Morgan fingerprint density at radius 2 is 2.22 bits per heavy atom. The van der Waals surface area contributed by atoms with Gasteiger partial charge in [0.25, 0.3) is 5.91 Å². The van der Waals surface area contributed by atoms with E-state index in [2.05, 4.69) is 40.1 Å². The molecule has 3 nitrogen and oxygen atoms in total. The molecule has 1 aliphatic carbocycles. The van der Waals surface area contributed by atoms with Gasteiger partial charge >= 0.3 is 0 Å². The Morgan fingerprint density at radius 1 is 1.39 bits per heavy atom. The van der Waals surface area contributed by atoms with E-state index in [1.807, 2.05) is 12.1 Å². The third kappa shape index (κ3) is 3.73. The van der Waals surface area contributed by atoms with Crippen LogP contribution in [0.2, 0.25) is 0 Å². The van der Waals surface area contributed by atoms with Crippen LogP contribution in [-0.4, -0.2) is 12.5 Å². The minimum atomic E-state index is -0.0326. The second-order valence-electron chi connectivity index (χ2n) is 4.63. The number of rotatable bonds is 3. The number of nitrogens with two attached hydrogens (primary N) is 1. The van der Waals surface area contributed by atoms with Crippen LogP contribution in [0, 0.1) is 9.49 Å². The molecule has 0 radical (unpaired) electrons. The zero-order valence-electron chi connectivity index (χ0n) is 10.2. The lowest BCUT2D eigenvalue weighted by molar-refractivity contribution is 0.0946. The van der Waals surface area contributed by atoms with Crippen LogP contribution >= 0.6 is 22.6 Å². The van der Waals surface area contributed by atoms with Gasteiger partial charge in [0.1, 0.15) is 0 Å². The monoisotopic (exact) mass is 356 g/mol. The van der Waals surface area contributed by atoms with Gasteiger partial charge in [-0.15, -0.1) is 0 Å². The highest BCUT2D eigenvalue weighted by Crippen LogP contribution is 2.18. The molecule has 4 heteroatoms. The van der Waals surface area contributed by atoms with E-state index < -0.39 is 0 Å². The van der Waals surface area contributed by atoms with Gasteiger partial charge in [-0.25, -0.2) is 0 Å². The minimum absolute atomic E-state index is 0.0326. The zero-order chi connectivity index (χ0) is 13.0. The summed E-state index contributed by atoms with van der Waals surface area (Å²) in [6.07, 6.45) is 7.75. The summed E-state index contributed by atoms with van der Waals surface area (Å²) >= 11 is 2.17. The standard InChI is InChI=1S/C14H17IN2O/c15-12-6-11(7-13(16)8-12)14(18)17-9-10-4-2-1-3-5-10/h1-2,6-8,10H,3-5,9,16H2,(H,17,18). The van der Waals surface area contributed by atoms with Gasteiger partial charge in [-0.1, -0.05) is 12.2 Å². The zero-order valence-corrected chi connectivity index (χ0v) is 12.3. The minimum Gasteiger partial charge on any atom is -0.399 e. The highest BCUT2D eigenvalue weighted by Gasteiger charge is 2.12. The van der Waals surface area contributed by atoms with E-state index in [0.717, 1.165) is 29.4 Å². The summed E-state index contributed by atoms with van der Waals surface area (Å²) in [5.41, 5.74) is 7.02. The molecule has 0 saturated carbocycles. The Morgan fingerprint density at radius 3 is 2.89 bits per heavy atom. The van der Waals surface area contributed by atoms with Crippen LogP contribution in [0.3, 0.4) is 0 Å². The van der Waals surface area contributed by atoms with E-state index in [0.29, 0.717) is 17.2 Å². The van der Waals surface area contributed by atoms with Crippen molar-refractivity contribution in [2.75, 3.05) is 12.3 Å². The van der Waals surface area contributed by atoms with Crippen molar-refractivity contribution in [2.45, 2.75) is 19.3 Å². The van der Waals surface area contributed by atoms with Crippen LogP contribution in [0.1, 0.15) is 29.6 Å². The molecule has 0 heterocycles. The Kier molecular flexibility index (Phi) is 4.63. The molecule has 1 aromatic carbocycles. The molecule has 0 bridgehead atoms. The fourth-order valence-electron chi connectivity index (χ4n) is 2.12. The molecular formula is C14H17IN2O. The lowest BCUT2D eigenvalue weighted by Gasteiger charge is -2.18. The molecule has 1 atom stereocenters. The molecule has 1 aromatic rings. The molecule has 0 saturated heterocycles. The number of carbonyl (C=O) groups is 1. The molecule has 0 spiro atoms. The first-order valence-electron chi connectivity index (χ1n) is 6.14. The number of nitrogens with one attached hydrogen (secondary N) is 1. The van der Waals surface area contributed by atoms with Gasteiger partial charge in [0.2, 0.25) is 0 Å². The number of hydrogen-bond donors (Lipinski definition) is 2. The number of halogens is 1. The molecule has 1 aliphatic rings. The number of amides is 1. The summed E-state index contributed by atoms with van der Waals surface area (Å²) in [6, 6.07) is 5.43. The Hall–Kier alpha value is -1.04. The molecule has 0 fully saturated rings. The normalized spacial score (nSPS) is 18.6. The van der Waals surface area contributed by atoms with Crippen molar-refractivity contribution < 1.29 is 4.79 Å². The van der Waals surface area contributed by atoms with Crippen LogP contribution in [0.5, 0.6) is 0 Å². The highest BCUT2D eigenvalue weighted by atomic mass is 127. The second-order valence-corrected chi connectivity index (χ2v) is 5.88. The van der Waals surface area contributed by atoms with E-state index in [1.54, 1.807) is 6.07 Å². The Bertz CT molecular complexity index is 451. The molecule has 96 valence electrons. The molecule has 1 unspecified atom stereocenters. The van der Waals surface area contributed by atoms with Gasteiger partial charge < -0.3 is 11.1 Å². The smallest absolute Gasteiger partial charge is 0.251 e. The van der Waals surface area contributed by atoms with E-state index >= 15 is 0 Å². The van der Waals surface area contributed by atoms with Crippen LogP contribution in [-0.2, 0) is 0 Å². The van der Waals surface area contributed by atoms with Crippen LogP contribution in [0.15, 0.2) is 30.4 Å². The first kappa shape index (κ1) is 13.4. The molecular weight excluding hydrogens is 339 g/mol. The Balaban J connectivity index is 1.92. The van der Waals surface area contributed by atoms with Crippen molar-refractivity contribution in [3.05, 3.63) is 39.5 Å². The predicted molar refractivity (Wildman–Crippen MR) is 82.4 cm³/mol. The summed E-state index contributed by atoms with van der Waals surface area (Å²) in [6.45, 7) is 0.745. The molecule has 3 N–H and O–H groups in total. The van der Waals surface area contributed by atoms with Gasteiger partial charge in [-0.3, -0.25) is 4.79 Å². The summed E-state index contributed by atoms with van der Waals surface area (Å²) in [7, 11) is 0. The van der Waals surface area contributed by atoms with Crippen LogP contribution in [0.4, 0.5) is 5.69 Å².